The molecule has 0 aromatic carbocycles. The second kappa shape index (κ2) is 4.86. The molecule has 0 aromatic heterocycles. The normalized spacial score (nSPS) is 33.0. The molecule has 0 bridgehead atoms. The van der Waals surface area contributed by atoms with Crippen LogP contribution in [0.4, 0.5) is 4.79 Å². The van der Waals surface area contributed by atoms with Gasteiger partial charge in [0.2, 0.25) is 11.8 Å². The lowest BCUT2D eigenvalue weighted by molar-refractivity contribution is -0.159. The molecule has 4 amide bonds. The average molecular weight is 278 g/mol. The number of barbiturate groups is 1. The number of hydrogen-bond donors (Lipinski definition) is 1. The number of nitrogens with one attached hydrogen (secondary N) is 1. The number of rotatable bonds is 2. The van der Waals surface area contributed by atoms with Gasteiger partial charge >= 0.3 is 6.03 Å². The number of urea groups is 1. The minimum Gasteiger partial charge on any atom is -0.277 e. The molecule has 2 aliphatic carbocycles. The summed E-state index contributed by atoms with van der Waals surface area (Å²) in [6.45, 7) is 2.15. The van der Waals surface area contributed by atoms with Gasteiger partial charge in [-0.05, 0) is 31.6 Å². The smallest absolute Gasteiger partial charge is 0.277 e. The molecular weight excluding hydrogens is 256 g/mol. The van der Waals surface area contributed by atoms with Gasteiger partial charge in [-0.1, -0.05) is 32.6 Å². The Labute approximate surface area is 119 Å². The number of hydrogen-bond acceptors (Lipinski definition) is 3. The van der Waals surface area contributed by atoms with Gasteiger partial charge in [0, 0.05) is 6.04 Å². The van der Waals surface area contributed by atoms with Gasteiger partial charge in [-0.15, -0.1) is 0 Å². The maximum Gasteiger partial charge on any atom is 0.331 e. The highest BCUT2D eigenvalue weighted by atomic mass is 16.2. The molecule has 3 aliphatic rings. The molecule has 20 heavy (non-hydrogen) atoms. The summed E-state index contributed by atoms with van der Waals surface area (Å²) in [6.07, 6.45) is 7.16. The lowest BCUT2D eigenvalue weighted by Crippen LogP contribution is -2.68. The fraction of sp³-hybridized carbons (Fsp3) is 0.800. The summed E-state index contributed by atoms with van der Waals surface area (Å²) in [7, 11) is 0. The van der Waals surface area contributed by atoms with Crippen molar-refractivity contribution >= 4 is 17.8 Å². The summed E-state index contributed by atoms with van der Waals surface area (Å²) >= 11 is 0. The largest absolute Gasteiger partial charge is 0.331 e. The minimum atomic E-state index is -0.924. The first-order valence-corrected chi connectivity index (χ1v) is 7.77. The Hall–Kier alpha value is -1.39. The first-order valence-electron chi connectivity index (χ1n) is 7.77. The van der Waals surface area contributed by atoms with Gasteiger partial charge in [0.15, 0.2) is 0 Å². The molecule has 3 rings (SSSR count). The van der Waals surface area contributed by atoms with E-state index in [0.29, 0.717) is 18.8 Å². The second-order valence-electron chi connectivity index (χ2n) is 6.46. The Balaban J connectivity index is 1.82. The van der Waals surface area contributed by atoms with E-state index in [1.54, 1.807) is 0 Å². The van der Waals surface area contributed by atoms with Crippen molar-refractivity contribution in [2.24, 2.45) is 11.3 Å². The van der Waals surface area contributed by atoms with Crippen LogP contribution < -0.4 is 5.32 Å². The van der Waals surface area contributed by atoms with Crippen molar-refractivity contribution in [3.05, 3.63) is 0 Å². The van der Waals surface area contributed by atoms with Crippen molar-refractivity contribution in [3.8, 4) is 0 Å². The van der Waals surface area contributed by atoms with Crippen molar-refractivity contribution in [2.75, 3.05) is 0 Å². The summed E-state index contributed by atoms with van der Waals surface area (Å²) < 4.78 is 0. The third kappa shape index (κ3) is 1.86. The molecule has 1 saturated heterocycles. The predicted octanol–water partition coefficient (Wildman–Crippen LogP) is 2.20. The van der Waals surface area contributed by atoms with Gasteiger partial charge in [0.05, 0.1) is 0 Å². The zero-order chi connectivity index (χ0) is 14.3. The second-order valence-corrected chi connectivity index (χ2v) is 6.46. The van der Waals surface area contributed by atoms with Crippen LogP contribution in [0.5, 0.6) is 0 Å². The maximum atomic E-state index is 12.7. The molecule has 5 heteroatoms. The topological polar surface area (TPSA) is 66.5 Å². The molecular formula is C15H22N2O3. The van der Waals surface area contributed by atoms with Crippen LogP contribution in [0.3, 0.4) is 0 Å². The molecule has 2 saturated carbocycles. The average Bonchev–Trinajstić information content (AvgIpc) is 2.37. The third-order valence-electron chi connectivity index (χ3n) is 5.41. The summed E-state index contributed by atoms with van der Waals surface area (Å²) in [5.74, 6) is -0.0265. The number of nitrogens with zero attached hydrogens (tertiary/aromatic N) is 1. The molecule has 3 fully saturated rings. The molecule has 1 aliphatic heterocycles. The van der Waals surface area contributed by atoms with Gasteiger partial charge < -0.3 is 0 Å². The van der Waals surface area contributed by atoms with E-state index in [2.05, 4.69) is 12.2 Å². The van der Waals surface area contributed by atoms with E-state index < -0.39 is 11.4 Å². The van der Waals surface area contributed by atoms with Crippen molar-refractivity contribution in [1.82, 2.24) is 10.2 Å². The van der Waals surface area contributed by atoms with Gasteiger partial charge in [-0.2, -0.15) is 0 Å². The Morgan fingerprint density at radius 1 is 1.20 bits per heavy atom. The number of imide groups is 2. The number of carbonyl (C=O) groups excluding carboxylic acids is 3. The van der Waals surface area contributed by atoms with Crippen LogP contribution in [0.1, 0.15) is 58.3 Å². The maximum absolute atomic E-state index is 12.7. The van der Waals surface area contributed by atoms with Crippen LogP contribution >= 0.6 is 0 Å². The van der Waals surface area contributed by atoms with Gasteiger partial charge in [0.25, 0.3) is 0 Å². The summed E-state index contributed by atoms with van der Waals surface area (Å²) in [5.41, 5.74) is -0.924. The van der Waals surface area contributed by atoms with E-state index in [9.17, 15) is 14.4 Å². The van der Waals surface area contributed by atoms with Crippen molar-refractivity contribution in [3.63, 3.8) is 0 Å². The van der Waals surface area contributed by atoms with Crippen LogP contribution in [0.15, 0.2) is 0 Å². The van der Waals surface area contributed by atoms with E-state index in [1.807, 2.05) is 0 Å². The van der Waals surface area contributed by atoms with Gasteiger partial charge in [-0.3, -0.25) is 19.8 Å². The van der Waals surface area contributed by atoms with Crippen LogP contribution in [-0.2, 0) is 9.59 Å². The molecule has 1 spiro atoms. The lowest BCUT2D eigenvalue weighted by Gasteiger charge is -2.47. The van der Waals surface area contributed by atoms with Crippen molar-refractivity contribution in [2.45, 2.75) is 64.3 Å². The summed E-state index contributed by atoms with van der Waals surface area (Å²) in [5, 5.41) is 2.41. The quantitative estimate of drug-likeness (QED) is 0.787. The van der Waals surface area contributed by atoms with Crippen LogP contribution in [-0.4, -0.2) is 28.8 Å². The molecule has 110 valence electrons. The molecule has 0 aromatic rings. The fourth-order valence-corrected chi connectivity index (χ4v) is 3.87. The predicted molar refractivity (Wildman–Crippen MR) is 72.7 cm³/mol. The van der Waals surface area contributed by atoms with E-state index in [0.717, 1.165) is 32.1 Å². The zero-order valence-electron chi connectivity index (χ0n) is 12.0. The highest BCUT2D eigenvalue weighted by Crippen LogP contribution is 2.45. The van der Waals surface area contributed by atoms with Gasteiger partial charge in [0.1, 0.15) is 5.41 Å². The zero-order valence-corrected chi connectivity index (χ0v) is 12.0. The molecule has 5 nitrogen and oxygen atoms in total. The SMILES string of the molecule is CCC1CCCC(N2C(=O)NC(=O)C3(CCC3)C2=O)C1. The molecule has 1 heterocycles. The fourth-order valence-electron chi connectivity index (χ4n) is 3.87. The Bertz CT molecular complexity index is 456. The third-order valence-corrected chi connectivity index (χ3v) is 5.41. The summed E-state index contributed by atoms with van der Waals surface area (Å²) in [6, 6.07) is -0.522. The Morgan fingerprint density at radius 2 is 1.95 bits per heavy atom. The number of amides is 4. The standard InChI is InChI=1S/C15H22N2O3/c1-2-10-5-3-6-11(9-10)17-13(19)15(7-4-8-15)12(18)16-14(17)20/h10-11H,2-9H2,1H3,(H,16,18,20). The highest BCUT2D eigenvalue weighted by Gasteiger charge is 2.58. The first kappa shape index (κ1) is 13.6. The van der Waals surface area contributed by atoms with Gasteiger partial charge in [-0.25, -0.2) is 4.79 Å². The Morgan fingerprint density at radius 3 is 2.55 bits per heavy atom. The van der Waals surface area contributed by atoms with E-state index >= 15 is 0 Å². The monoisotopic (exact) mass is 278 g/mol. The Kier molecular flexibility index (Phi) is 3.30. The van der Waals surface area contributed by atoms with Crippen LogP contribution in [0.25, 0.3) is 0 Å². The first-order chi connectivity index (χ1) is 9.58. The van der Waals surface area contributed by atoms with Crippen molar-refractivity contribution < 1.29 is 14.4 Å². The van der Waals surface area contributed by atoms with Crippen molar-refractivity contribution in [1.29, 1.82) is 0 Å². The molecule has 2 unspecified atom stereocenters. The molecule has 1 N–H and O–H groups in total. The lowest BCUT2D eigenvalue weighted by atomic mass is 9.66. The minimum absolute atomic E-state index is 0.0215. The van der Waals surface area contributed by atoms with E-state index in [-0.39, 0.29) is 17.9 Å². The molecule has 2 atom stereocenters. The van der Waals surface area contributed by atoms with E-state index in [1.165, 1.54) is 11.3 Å². The highest BCUT2D eigenvalue weighted by molar-refractivity contribution is 6.19. The van der Waals surface area contributed by atoms with Crippen LogP contribution in [0.2, 0.25) is 0 Å². The summed E-state index contributed by atoms with van der Waals surface area (Å²) in [4.78, 5) is 38.2. The van der Waals surface area contributed by atoms with E-state index in [4.69, 9.17) is 0 Å². The van der Waals surface area contributed by atoms with Crippen LogP contribution in [0, 0.1) is 11.3 Å². The molecule has 0 radical (unpaired) electrons. The number of carbonyl (C=O) groups is 3.